The number of aromatic nitrogens is 3. The van der Waals surface area contributed by atoms with Crippen LogP contribution in [0.4, 0.5) is 0 Å². The number of imidazole rings is 1. The molecule has 0 radical (unpaired) electrons. The zero-order valence-corrected chi connectivity index (χ0v) is 11.1. The molecular formula is C12H17ClN4. The molecule has 17 heavy (non-hydrogen) atoms. The van der Waals surface area contributed by atoms with Crippen molar-refractivity contribution in [3.05, 3.63) is 23.1 Å². The summed E-state index contributed by atoms with van der Waals surface area (Å²) in [4.78, 5) is 8.97. The van der Waals surface area contributed by atoms with Crippen LogP contribution in [-0.2, 0) is 12.0 Å². The molecule has 0 spiro atoms. The van der Waals surface area contributed by atoms with Crippen molar-refractivity contribution in [2.75, 3.05) is 6.54 Å². The van der Waals surface area contributed by atoms with Crippen LogP contribution >= 0.6 is 11.6 Å². The third-order valence-corrected chi connectivity index (χ3v) is 2.78. The van der Waals surface area contributed by atoms with Gasteiger partial charge in [0, 0.05) is 24.7 Å². The Bertz CT molecular complexity index is 539. The summed E-state index contributed by atoms with van der Waals surface area (Å²) in [7, 11) is 0. The van der Waals surface area contributed by atoms with Gasteiger partial charge in [0.15, 0.2) is 5.65 Å². The monoisotopic (exact) mass is 252 g/mol. The topological polar surface area (TPSA) is 56.7 Å². The summed E-state index contributed by atoms with van der Waals surface area (Å²) >= 11 is 5.94. The molecule has 2 heterocycles. The molecule has 4 nitrogen and oxygen atoms in total. The van der Waals surface area contributed by atoms with E-state index in [9.17, 15) is 0 Å². The zero-order chi connectivity index (χ0) is 12.6. The molecule has 0 amide bonds. The highest BCUT2D eigenvalue weighted by atomic mass is 35.5. The molecule has 0 fully saturated rings. The average molecular weight is 253 g/mol. The molecule has 5 heteroatoms. The Morgan fingerprint density at radius 1 is 1.41 bits per heavy atom. The van der Waals surface area contributed by atoms with Crippen molar-refractivity contribution >= 4 is 22.8 Å². The molecule has 2 aromatic heterocycles. The third-order valence-electron chi connectivity index (χ3n) is 2.58. The molecule has 2 N–H and O–H groups in total. The molecule has 0 atom stereocenters. The Hall–Kier alpha value is -1.13. The van der Waals surface area contributed by atoms with Gasteiger partial charge in [-0.2, -0.15) is 0 Å². The van der Waals surface area contributed by atoms with Gasteiger partial charge in [-0.25, -0.2) is 9.97 Å². The Morgan fingerprint density at radius 2 is 2.12 bits per heavy atom. The van der Waals surface area contributed by atoms with Gasteiger partial charge in [0.05, 0.1) is 5.02 Å². The van der Waals surface area contributed by atoms with Gasteiger partial charge in [-0.05, 0) is 6.07 Å². The van der Waals surface area contributed by atoms with Crippen LogP contribution in [0.25, 0.3) is 11.2 Å². The number of pyridine rings is 1. The van der Waals surface area contributed by atoms with Crippen molar-refractivity contribution in [3.63, 3.8) is 0 Å². The lowest BCUT2D eigenvalue weighted by Crippen LogP contribution is -2.21. The Labute approximate surface area is 106 Å². The summed E-state index contributed by atoms with van der Waals surface area (Å²) in [6.07, 6.45) is 1.64. The normalized spacial score (nSPS) is 12.3. The van der Waals surface area contributed by atoms with E-state index in [0.29, 0.717) is 11.6 Å². The standard InChI is InChI=1S/C12H17ClN4/c1-12(2,3)11-16-9-6-8(13)7-15-10(9)17(11)5-4-14/h6-7H,4-5,14H2,1-3H3. The van der Waals surface area contributed by atoms with E-state index in [1.807, 2.05) is 6.07 Å². The molecule has 0 aliphatic carbocycles. The number of fused-ring (bicyclic) bond motifs is 1. The smallest absolute Gasteiger partial charge is 0.160 e. The fourth-order valence-corrected chi connectivity index (χ4v) is 2.05. The first-order valence-corrected chi connectivity index (χ1v) is 6.03. The lowest BCUT2D eigenvalue weighted by atomic mass is 9.96. The van der Waals surface area contributed by atoms with E-state index in [1.54, 1.807) is 6.20 Å². The molecule has 0 bridgehead atoms. The predicted molar refractivity (Wildman–Crippen MR) is 70.3 cm³/mol. The van der Waals surface area contributed by atoms with Crippen molar-refractivity contribution in [2.24, 2.45) is 5.73 Å². The van der Waals surface area contributed by atoms with Crippen LogP contribution in [0, 0.1) is 0 Å². The highest BCUT2D eigenvalue weighted by molar-refractivity contribution is 6.31. The highest BCUT2D eigenvalue weighted by Crippen LogP contribution is 2.26. The van der Waals surface area contributed by atoms with Crippen molar-refractivity contribution < 1.29 is 0 Å². The average Bonchev–Trinajstić information content (AvgIpc) is 2.56. The van der Waals surface area contributed by atoms with Gasteiger partial charge in [0.2, 0.25) is 0 Å². The molecule has 0 unspecified atom stereocenters. The summed E-state index contributed by atoms with van der Waals surface area (Å²) in [5.74, 6) is 0.993. The van der Waals surface area contributed by atoms with Crippen molar-refractivity contribution in [3.8, 4) is 0 Å². The second-order valence-corrected chi connectivity index (χ2v) is 5.56. The van der Waals surface area contributed by atoms with Gasteiger partial charge in [-0.3, -0.25) is 0 Å². The molecule has 2 aromatic rings. The Kier molecular flexibility index (Phi) is 3.10. The van der Waals surface area contributed by atoms with Gasteiger partial charge in [-0.15, -0.1) is 0 Å². The first kappa shape index (κ1) is 12.3. The predicted octanol–water partition coefficient (Wildman–Crippen LogP) is 2.34. The number of nitrogens with zero attached hydrogens (tertiary/aromatic N) is 3. The molecule has 0 aliphatic rings. The van der Waals surface area contributed by atoms with Gasteiger partial charge < -0.3 is 10.3 Å². The minimum absolute atomic E-state index is 0.0393. The fourth-order valence-electron chi connectivity index (χ4n) is 1.90. The van der Waals surface area contributed by atoms with Crippen molar-refractivity contribution in [2.45, 2.75) is 32.7 Å². The summed E-state index contributed by atoms with van der Waals surface area (Å²) in [6.45, 7) is 7.67. The van der Waals surface area contributed by atoms with E-state index in [0.717, 1.165) is 23.5 Å². The second kappa shape index (κ2) is 4.27. The van der Waals surface area contributed by atoms with Crippen LogP contribution in [0.3, 0.4) is 0 Å². The van der Waals surface area contributed by atoms with Gasteiger partial charge in [0.1, 0.15) is 11.3 Å². The van der Waals surface area contributed by atoms with Crippen LogP contribution in [0.15, 0.2) is 12.3 Å². The van der Waals surface area contributed by atoms with Crippen molar-refractivity contribution in [1.29, 1.82) is 0 Å². The minimum atomic E-state index is -0.0393. The number of halogens is 1. The molecule has 0 aliphatic heterocycles. The maximum absolute atomic E-state index is 5.94. The summed E-state index contributed by atoms with van der Waals surface area (Å²) in [5, 5.41) is 0.607. The summed E-state index contributed by atoms with van der Waals surface area (Å²) in [5.41, 5.74) is 7.29. The Balaban J connectivity index is 2.70. The molecular weight excluding hydrogens is 236 g/mol. The SMILES string of the molecule is CC(C)(C)c1nc2cc(Cl)cnc2n1CCN. The minimum Gasteiger partial charge on any atom is -0.329 e. The molecule has 0 saturated carbocycles. The molecule has 92 valence electrons. The summed E-state index contributed by atoms with van der Waals surface area (Å²) < 4.78 is 2.08. The number of hydrogen-bond acceptors (Lipinski definition) is 3. The van der Waals surface area contributed by atoms with E-state index in [1.165, 1.54) is 0 Å². The quantitative estimate of drug-likeness (QED) is 0.893. The van der Waals surface area contributed by atoms with E-state index in [2.05, 4.69) is 35.3 Å². The van der Waals surface area contributed by atoms with E-state index in [4.69, 9.17) is 17.3 Å². The van der Waals surface area contributed by atoms with E-state index in [-0.39, 0.29) is 5.41 Å². The third kappa shape index (κ3) is 2.28. The van der Waals surface area contributed by atoms with Crippen LogP contribution in [-0.4, -0.2) is 21.1 Å². The lowest BCUT2D eigenvalue weighted by molar-refractivity contribution is 0.505. The van der Waals surface area contributed by atoms with Gasteiger partial charge in [0.25, 0.3) is 0 Å². The van der Waals surface area contributed by atoms with Crippen molar-refractivity contribution in [1.82, 2.24) is 14.5 Å². The molecule has 2 rings (SSSR count). The lowest BCUT2D eigenvalue weighted by Gasteiger charge is -2.19. The fraction of sp³-hybridized carbons (Fsp3) is 0.500. The second-order valence-electron chi connectivity index (χ2n) is 5.12. The highest BCUT2D eigenvalue weighted by Gasteiger charge is 2.23. The summed E-state index contributed by atoms with van der Waals surface area (Å²) in [6, 6.07) is 1.84. The van der Waals surface area contributed by atoms with Crippen LogP contribution in [0.5, 0.6) is 0 Å². The maximum atomic E-state index is 5.94. The number of hydrogen-bond donors (Lipinski definition) is 1. The van der Waals surface area contributed by atoms with Gasteiger partial charge in [-0.1, -0.05) is 32.4 Å². The molecule has 0 saturated heterocycles. The number of rotatable bonds is 2. The van der Waals surface area contributed by atoms with Crippen LogP contribution < -0.4 is 5.73 Å². The van der Waals surface area contributed by atoms with E-state index < -0.39 is 0 Å². The number of nitrogens with two attached hydrogens (primary N) is 1. The maximum Gasteiger partial charge on any atom is 0.160 e. The van der Waals surface area contributed by atoms with Crippen LogP contribution in [0.2, 0.25) is 5.02 Å². The first-order chi connectivity index (χ1) is 7.93. The largest absolute Gasteiger partial charge is 0.329 e. The molecule has 0 aromatic carbocycles. The zero-order valence-electron chi connectivity index (χ0n) is 10.4. The van der Waals surface area contributed by atoms with Crippen LogP contribution in [0.1, 0.15) is 26.6 Å². The van der Waals surface area contributed by atoms with E-state index >= 15 is 0 Å². The first-order valence-electron chi connectivity index (χ1n) is 5.66. The van der Waals surface area contributed by atoms with Gasteiger partial charge >= 0.3 is 0 Å². The Morgan fingerprint density at radius 3 is 2.71 bits per heavy atom.